The molecule has 2 unspecified atom stereocenters. The minimum Gasteiger partial charge on any atom is -0.481 e. The van der Waals surface area contributed by atoms with Gasteiger partial charge >= 0.3 is 5.97 Å². The molecule has 2 atom stereocenters. The molecule has 0 fully saturated rings. The predicted octanol–water partition coefficient (Wildman–Crippen LogP) is 1.61. The summed E-state index contributed by atoms with van der Waals surface area (Å²) in [6, 6.07) is 0. The van der Waals surface area contributed by atoms with Gasteiger partial charge in [0.2, 0.25) is 5.91 Å². The summed E-state index contributed by atoms with van der Waals surface area (Å²) in [6.07, 6.45) is 2.68. The number of nitrogens with one attached hydrogen (secondary N) is 1. The zero-order chi connectivity index (χ0) is 14.8. The molecule has 0 aromatic heterocycles. The SMILES string of the molecule is CCCC(CNC(=O)CC(CN)CC(C)C)C(=O)O. The van der Waals surface area contributed by atoms with Crippen LogP contribution in [0.4, 0.5) is 0 Å². The molecule has 1 amide bonds. The van der Waals surface area contributed by atoms with Crippen molar-refractivity contribution in [1.29, 1.82) is 0 Å². The largest absolute Gasteiger partial charge is 0.481 e. The summed E-state index contributed by atoms with van der Waals surface area (Å²) < 4.78 is 0. The van der Waals surface area contributed by atoms with Crippen LogP contribution in [-0.4, -0.2) is 30.1 Å². The van der Waals surface area contributed by atoms with Crippen molar-refractivity contribution in [2.75, 3.05) is 13.1 Å². The van der Waals surface area contributed by atoms with Crippen molar-refractivity contribution in [3.05, 3.63) is 0 Å². The zero-order valence-corrected chi connectivity index (χ0v) is 12.3. The molecule has 0 heterocycles. The highest BCUT2D eigenvalue weighted by molar-refractivity contribution is 5.77. The summed E-state index contributed by atoms with van der Waals surface area (Å²) in [6.45, 7) is 6.83. The maximum Gasteiger partial charge on any atom is 0.308 e. The van der Waals surface area contributed by atoms with E-state index in [1.165, 1.54) is 0 Å². The standard InChI is InChI=1S/C14H28N2O3/c1-4-5-12(14(18)19)9-16-13(17)7-11(8-15)6-10(2)3/h10-12H,4-9,15H2,1-3H3,(H,16,17)(H,18,19). The van der Waals surface area contributed by atoms with E-state index >= 15 is 0 Å². The molecular formula is C14H28N2O3. The van der Waals surface area contributed by atoms with Crippen LogP contribution in [0, 0.1) is 17.8 Å². The summed E-state index contributed by atoms with van der Waals surface area (Å²) in [4.78, 5) is 22.7. The number of carboxylic acid groups (broad SMARTS) is 1. The molecule has 0 aliphatic rings. The maximum atomic E-state index is 11.8. The second-order valence-electron chi connectivity index (χ2n) is 5.56. The van der Waals surface area contributed by atoms with Crippen LogP contribution in [0.15, 0.2) is 0 Å². The molecule has 0 saturated heterocycles. The first-order valence-electron chi connectivity index (χ1n) is 7.10. The van der Waals surface area contributed by atoms with E-state index in [-0.39, 0.29) is 18.4 Å². The third-order valence-corrected chi connectivity index (χ3v) is 3.14. The lowest BCUT2D eigenvalue weighted by molar-refractivity contribution is -0.141. The third-order valence-electron chi connectivity index (χ3n) is 3.14. The second-order valence-corrected chi connectivity index (χ2v) is 5.56. The lowest BCUT2D eigenvalue weighted by Crippen LogP contribution is -2.35. The molecule has 112 valence electrons. The maximum absolute atomic E-state index is 11.8. The Morgan fingerprint density at radius 2 is 1.95 bits per heavy atom. The highest BCUT2D eigenvalue weighted by Gasteiger charge is 2.19. The fourth-order valence-electron chi connectivity index (χ4n) is 2.16. The molecule has 0 saturated carbocycles. The smallest absolute Gasteiger partial charge is 0.308 e. The number of carbonyl (C=O) groups is 2. The monoisotopic (exact) mass is 272 g/mol. The van der Waals surface area contributed by atoms with Crippen molar-refractivity contribution in [3.63, 3.8) is 0 Å². The Morgan fingerprint density at radius 3 is 2.37 bits per heavy atom. The van der Waals surface area contributed by atoms with Crippen LogP contribution in [-0.2, 0) is 9.59 Å². The van der Waals surface area contributed by atoms with Crippen LogP contribution in [0.5, 0.6) is 0 Å². The molecule has 5 nitrogen and oxygen atoms in total. The molecule has 5 heteroatoms. The van der Waals surface area contributed by atoms with Gasteiger partial charge in [-0.15, -0.1) is 0 Å². The Hall–Kier alpha value is -1.10. The summed E-state index contributed by atoms with van der Waals surface area (Å²) in [5, 5.41) is 11.7. The average Bonchev–Trinajstić information content (AvgIpc) is 2.32. The zero-order valence-electron chi connectivity index (χ0n) is 12.3. The van der Waals surface area contributed by atoms with Crippen LogP contribution < -0.4 is 11.1 Å². The quantitative estimate of drug-likeness (QED) is 0.563. The van der Waals surface area contributed by atoms with Gasteiger partial charge < -0.3 is 16.2 Å². The summed E-state index contributed by atoms with van der Waals surface area (Å²) in [5.41, 5.74) is 5.65. The van der Waals surface area contributed by atoms with Crippen molar-refractivity contribution >= 4 is 11.9 Å². The number of nitrogens with two attached hydrogens (primary N) is 1. The molecule has 0 aliphatic carbocycles. The Bertz CT molecular complexity index is 280. The van der Waals surface area contributed by atoms with Gasteiger partial charge in [-0.1, -0.05) is 27.2 Å². The molecule has 0 aliphatic heterocycles. The molecule has 0 bridgehead atoms. The Morgan fingerprint density at radius 1 is 1.32 bits per heavy atom. The third kappa shape index (κ3) is 8.59. The number of aliphatic carboxylic acids is 1. The molecule has 0 aromatic carbocycles. The fourth-order valence-corrected chi connectivity index (χ4v) is 2.16. The first-order valence-corrected chi connectivity index (χ1v) is 7.10. The van der Waals surface area contributed by atoms with E-state index in [1.54, 1.807) is 0 Å². The molecule has 19 heavy (non-hydrogen) atoms. The Balaban J connectivity index is 4.11. The molecular weight excluding hydrogens is 244 g/mol. The van der Waals surface area contributed by atoms with E-state index in [0.717, 1.165) is 12.8 Å². The van der Waals surface area contributed by atoms with Gasteiger partial charge in [0.05, 0.1) is 5.92 Å². The normalized spacial score (nSPS) is 14.2. The number of hydrogen-bond acceptors (Lipinski definition) is 3. The van der Waals surface area contributed by atoms with Crippen LogP contribution in [0.2, 0.25) is 0 Å². The van der Waals surface area contributed by atoms with E-state index in [4.69, 9.17) is 10.8 Å². The molecule has 0 radical (unpaired) electrons. The second kappa shape index (κ2) is 9.78. The number of carboxylic acids is 1. The first kappa shape index (κ1) is 17.9. The number of amides is 1. The number of rotatable bonds is 10. The predicted molar refractivity (Wildman–Crippen MR) is 75.7 cm³/mol. The minimum atomic E-state index is -0.847. The van der Waals surface area contributed by atoms with Gasteiger partial charge in [-0.05, 0) is 31.2 Å². The van der Waals surface area contributed by atoms with Crippen molar-refractivity contribution < 1.29 is 14.7 Å². The van der Waals surface area contributed by atoms with E-state index < -0.39 is 11.9 Å². The Labute approximate surface area is 115 Å². The van der Waals surface area contributed by atoms with Gasteiger partial charge in [0, 0.05) is 13.0 Å². The average molecular weight is 272 g/mol. The van der Waals surface area contributed by atoms with Gasteiger partial charge in [0.25, 0.3) is 0 Å². The van der Waals surface area contributed by atoms with E-state index in [0.29, 0.717) is 25.3 Å². The van der Waals surface area contributed by atoms with Crippen LogP contribution in [0.1, 0.15) is 46.5 Å². The van der Waals surface area contributed by atoms with Gasteiger partial charge in [0.1, 0.15) is 0 Å². The molecule has 0 spiro atoms. The van der Waals surface area contributed by atoms with Crippen LogP contribution >= 0.6 is 0 Å². The number of carbonyl (C=O) groups excluding carboxylic acids is 1. The number of hydrogen-bond donors (Lipinski definition) is 3. The topological polar surface area (TPSA) is 92.4 Å². The summed E-state index contributed by atoms with van der Waals surface area (Å²) in [7, 11) is 0. The van der Waals surface area contributed by atoms with Crippen molar-refractivity contribution in [3.8, 4) is 0 Å². The summed E-state index contributed by atoms with van der Waals surface area (Å²) in [5.74, 6) is -0.754. The highest BCUT2D eigenvalue weighted by atomic mass is 16.4. The van der Waals surface area contributed by atoms with Gasteiger partial charge in [-0.3, -0.25) is 9.59 Å². The Kier molecular flexibility index (Phi) is 9.21. The lowest BCUT2D eigenvalue weighted by Gasteiger charge is -2.17. The summed E-state index contributed by atoms with van der Waals surface area (Å²) >= 11 is 0. The fraction of sp³-hybridized carbons (Fsp3) is 0.857. The van der Waals surface area contributed by atoms with Crippen LogP contribution in [0.3, 0.4) is 0 Å². The highest BCUT2D eigenvalue weighted by Crippen LogP contribution is 2.14. The van der Waals surface area contributed by atoms with Crippen molar-refractivity contribution in [2.45, 2.75) is 46.5 Å². The van der Waals surface area contributed by atoms with Crippen molar-refractivity contribution in [1.82, 2.24) is 5.32 Å². The van der Waals surface area contributed by atoms with Gasteiger partial charge in [-0.25, -0.2) is 0 Å². The first-order chi connectivity index (χ1) is 8.90. The lowest BCUT2D eigenvalue weighted by atomic mass is 9.94. The molecule has 0 rings (SSSR count). The van der Waals surface area contributed by atoms with E-state index in [1.807, 2.05) is 6.92 Å². The van der Waals surface area contributed by atoms with E-state index in [9.17, 15) is 9.59 Å². The molecule has 4 N–H and O–H groups in total. The minimum absolute atomic E-state index is 0.0987. The van der Waals surface area contributed by atoms with Gasteiger partial charge in [-0.2, -0.15) is 0 Å². The molecule has 0 aromatic rings. The van der Waals surface area contributed by atoms with E-state index in [2.05, 4.69) is 19.2 Å². The van der Waals surface area contributed by atoms with Crippen molar-refractivity contribution in [2.24, 2.45) is 23.5 Å². The van der Waals surface area contributed by atoms with Gasteiger partial charge in [0.15, 0.2) is 0 Å². The van der Waals surface area contributed by atoms with Crippen LogP contribution in [0.25, 0.3) is 0 Å².